The van der Waals surface area contributed by atoms with Crippen LogP contribution in [0, 0.1) is 5.92 Å². The lowest BCUT2D eigenvalue weighted by Crippen LogP contribution is -2.45. The topological polar surface area (TPSA) is 69.9 Å². The third kappa shape index (κ3) is 7.38. The van der Waals surface area contributed by atoms with Gasteiger partial charge in [-0.25, -0.2) is 4.99 Å². The number of anilines is 2. The lowest BCUT2D eigenvalue weighted by Gasteiger charge is -2.38. The van der Waals surface area contributed by atoms with E-state index in [1.54, 1.807) is 7.11 Å². The van der Waals surface area contributed by atoms with Gasteiger partial charge in [-0.1, -0.05) is 51.1 Å². The van der Waals surface area contributed by atoms with Gasteiger partial charge in [-0.3, -0.25) is 4.68 Å². The highest BCUT2D eigenvalue weighted by Gasteiger charge is 2.32. The number of piperidine rings is 1. The fourth-order valence-corrected chi connectivity index (χ4v) is 4.74. The fraction of sp³-hybridized carbons (Fsp3) is 0.517. The van der Waals surface area contributed by atoms with E-state index in [9.17, 15) is 0 Å². The molecule has 0 saturated carbocycles. The highest BCUT2D eigenvalue weighted by Crippen LogP contribution is 2.33. The van der Waals surface area contributed by atoms with E-state index >= 15 is 0 Å². The van der Waals surface area contributed by atoms with Gasteiger partial charge in [0.25, 0.3) is 0 Å². The number of benzene rings is 1. The Morgan fingerprint density at radius 2 is 1.97 bits per heavy atom. The summed E-state index contributed by atoms with van der Waals surface area (Å²) in [5.74, 6) is 3.22. The molecule has 202 valence electrons. The Hall–Kier alpha value is -3.26. The molecule has 0 amide bonds. The molecule has 3 heterocycles. The number of aliphatic imine (C=N–C) groups is 1. The van der Waals surface area contributed by atoms with Crippen LogP contribution >= 0.6 is 0 Å². The Morgan fingerprint density at radius 3 is 2.68 bits per heavy atom. The first-order valence-electron chi connectivity index (χ1n) is 13.5. The van der Waals surface area contributed by atoms with Crippen molar-refractivity contribution in [1.82, 2.24) is 19.6 Å². The van der Waals surface area contributed by atoms with Crippen molar-refractivity contribution in [3.8, 4) is 5.75 Å². The van der Waals surface area contributed by atoms with E-state index in [2.05, 4.69) is 69.9 Å². The van der Waals surface area contributed by atoms with Gasteiger partial charge in [0.05, 0.1) is 24.9 Å². The first-order valence-corrected chi connectivity index (χ1v) is 13.5. The smallest absolute Gasteiger partial charge is 0.201 e. The van der Waals surface area contributed by atoms with Crippen LogP contribution in [0.5, 0.6) is 5.75 Å². The number of aryl methyl sites for hydroxylation is 1. The standard InChI is InChI=1S/C27H39N7O.C2H6/c1-6-7-8-10-20(2)19-34-15-13-21(14-16-34)30-27-31-26-24(18-28-33(26)4)25(32(27)3)29-22-11-9-12-23(17-22)35-5;1-2/h6-12,17-18,20-21,25,29H,13-16,19H2,1-5H3,(H,30,31);1-2H3/b7-6-,10-8-;. The zero-order valence-electron chi connectivity index (χ0n) is 23.6. The first-order chi connectivity index (χ1) is 18.0. The monoisotopic (exact) mass is 507 g/mol. The van der Waals surface area contributed by atoms with Gasteiger partial charge >= 0.3 is 0 Å². The highest BCUT2D eigenvalue weighted by molar-refractivity contribution is 5.96. The number of hydrogen-bond donors (Lipinski definition) is 2. The summed E-state index contributed by atoms with van der Waals surface area (Å²) in [4.78, 5) is 9.90. The predicted octanol–water partition coefficient (Wildman–Crippen LogP) is 5.51. The lowest BCUT2D eigenvalue weighted by atomic mass is 10.0. The van der Waals surface area contributed by atoms with Crippen LogP contribution in [-0.4, -0.2) is 65.4 Å². The Labute approximate surface area is 223 Å². The molecule has 1 aromatic heterocycles. The molecular weight excluding hydrogens is 462 g/mol. The minimum atomic E-state index is -0.0873. The molecule has 0 radical (unpaired) electrons. The van der Waals surface area contributed by atoms with E-state index in [1.807, 2.05) is 56.9 Å². The minimum Gasteiger partial charge on any atom is -0.497 e. The second kappa shape index (κ2) is 13.9. The van der Waals surface area contributed by atoms with Crippen LogP contribution in [0.2, 0.25) is 0 Å². The summed E-state index contributed by atoms with van der Waals surface area (Å²) in [6, 6.07) is 8.30. The van der Waals surface area contributed by atoms with Gasteiger partial charge in [0.2, 0.25) is 5.96 Å². The average Bonchev–Trinajstić information content (AvgIpc) is 3.29. The summed E-state index contributed by atoms with van der Waals surface area (Å²) in [5, 5.41) is 11.7. The van der Waals surface area contributed by atoms with E-state index < -0.39 is 0 Å². The first kappa shape index (κ1) is 28.3. The van der Waals surface area contributed by atoms with Gasteiger partial charge < -0.3 is 25.2 Å². The Balaban J connectivity index is 0.00000186. The van der Waals surface area contributed by atoms with Gasteiger partial charge in [0, 0.05) is 45.5 Å². The van der Waals surface area contributed by atoms with Crippen LogP contribution in [0.1, 0.15) is 52.3 Å². The quantitative estimate of drug-likeness (QED) is 0.459. The zero-order valence-corrected chi connectivity index (χ0v) is 23.6. The van der Waals surface area contributed by atoms with Crippen LogP contribution in [0.4, 0.5) is 11.5 Å². The number of allylic oxidation sites excluding steroid dienone is 3. The number of methoxy groups -OCH3 is 1. The summed E-state index contributed by atoms with van der Waals surface area (Å²) in [6.45, 7) is 11.6. The van der Waals surface area contributed by atoms with Crippen molar-refractivity contribution in [2.75, 3.05) is 44.4 Å². The molecule has 1 saturated heterocycles. The third-order valence-corrected chi connectivity index (χ3v) is 6.74. The minimum absolute atomic E-state index is 0.0873. The van der Waals surface area contributed by atoms with Crippen molar-refractivity contribution in [1.29, 1.82) is 0 Å². The zero-order chi connectivity index (χ0) is 26.8. The van der Waals surface area contributed by atoms with Crippen molar-refractivity contribution in [2.24, 2.45) is 18.0 Å². The molecule has 8 nitrogen and oxygen atoms in total. The Bertz CT molecular complexity index is 1070. The van der Waals surface area contributed by atoms with Crippen LogP contribution in [0.3, 0.4) is 0 Å². The van der Waals surface area contributed by atoms with E-state index in [1.165, 1.54) is 0 Å². The van der Waals surface area contributed by atoms with Crippen LogP contribution in [-0.2, 0) is 7.05 Å². The van der Waals surface area contributed by atoms with Gasteiger partial charge in [-0.2, -0.15) is 5.10 Å². The molecule has 2 N–H and O–H groups in total. The molecule has 1 aromatic carbocycles. The summed E-state index contributed by atoms with van der Waals surface area (Å²) in [7, 11) is 5.72. The summed E-state index contributed by atoms with van der Waals surface area (Å²) >= 11 is 0. The molecule has 2 unspecified atom stereocenters. The number of fused-ring (bicyclic) bond motifs is 1. The van der Waals surface area contributed by atoms with E-state index in [-0.39, 0.29) is 6.17 Å². The number of guanidine groups is 1. The number of hydrogen-bond acceptors (Lipinski definition) is 5. The molecule has 2 aromatic rings. The van der Waals surface area contributed by atoms with Crippen LogP contribution in [0.15, 0.2) is 59.8 Å². The number of nitrogens with one attached hydrogen (secondary N) is 2. The second-order valence-electron chi connectivity index (χ2n) is 9.46. The SMILES string of the molecule is C/C=C\C=C/C(C)CN1CCC(N=C2Nc3c(cnn3C)C(Nc3cccc(OC)c3)N2C)CC1.CC. The molecule has 0 bridgehead atoms. The molecule has 8 heteroatoms. The summed E-state index contributed by atoms with van der Waals surface area (Å²) < 4.78 is 7.28. The van der Waals surface area contributed by atoms with Crippen molar-refractivity contribution in [2.45, 2.75) is 52.7 Å². The van der Waals surface area contributed by atoms with E-state index in [0.29, 0.717) is 12.0 Å². The molecule has 0 aliphatic carbocycles. The maximum atomic E-state index is 5.41. The number of aromatic nitrogens is 2. The second-order valence-corrected chi connectivity index (χ2v) is 9.46. The maximum Gasteiger partial charge on any atom is 0.201 e. The number of rotatable bonds is 8. The Kier molecular flexibility index (Phi) is 10.6. The third-order valence-electron chi connectivity index (χ3n) is 6.74. The Morgan fingerprint density at radius 1 is 1.22 bits per heavy atom. The van der Waals surface area contributed by atoms with Crippen LogP contribution < -0.4 is 15.4 Å². The predicted molar refractivity (Wildman–Crippen MR) is 155 cm³/mol. The summed E-state index contributed by atoms with van der Waals surface area (Å²) in [5.41, 5.74) is 2.08. The van der Waals surface area contributed by atoms with Gasteiger partial charge in [0.15, 0.2) is 0 Å². The average molecular weight is 508 g/mol. The molecule has 4 rings (SSSR count). The molecular formula is C29H45N7O. The van der Waals surface area contributed by atoms with Crippen molar-refractivity contribution in [3.05, 3.63) is 60.3 Å². The largest absolute Gasteiger partial charge is 0.497 e. The van der Waals surface area contributed by atoms with E-state index in [0.717, 1.165) is 61.3 Å². The fourth-order valence-electron chi connectivity index (χ4n) is 4.74. The molecule has 2 aliphatic rings. The maximum absolute atomic E-state index is 5.41. The summed E-state index contributed by atoms with van der Waals surface area (Å²) in [6.07, 6.45) is 12.6. The molecule has 2 aliphatic heterocycles. The number of likely N-dealkylation sites (tertiary alicyclic amines) is 1. The van der Waals surface area contributed by atoms with Crippen LogP contribution in [0.25, 0.3) is 0 Å². The van der Waals surface area contributed by atoms with E-state index in [4.69, 9.17) is 9.73 Å². The number of nitrogens with zero attached hydrogens (tertiary/aromatic N) is 5. The normalized spacial score (nSPS) is 20.5. The van der Waals surface area contributed by atoms with Crippen molar-refractivity contribution >= 4 is 17.5 Å². The highest BCUT2D eigenvalue weighted by atomic mass is 16.5. The molecule has 37 heavy (non-hydrogen) atoms. The lowest BCUT2D eigenvalue weighted by molar-refractivity contribution is 0.199. The van der Waals surface area contributed by atoms with Gasteiger partial charge in [-0.15, -0.1) is 0 Å². The molecule has 2 atom stereocenters. The van der Waals surface area contributed by atoms with Gasteiger partial charge in [0.1, 0.15) is 17.7 Å². The molecule has 0 spiro atoms. The number of ether oxygens (including phenoxy) is 1. The van der Waals surface area contributed by atoms with Gasteiger partial charge in [-0.05, 0) is 37.8 Å². The van der Waals surface area contributed by atoms with Crippen molar-refractivity contribution < 1.29 is 4.74 Å². The molecule has 1 fully saturated rings. The van der Waals surface area contributed by atoms with Crippen molar-refractivity contribution in [3.63, 3.8) is 0 Å².